The molecule has 10 nitrogen and oxygen atoms in total. The number of amides is 2. The minimum atomic E-state index is -1.16. The quantitative estimate of drug-likeness (QED) is 0.237. The first-order valence-electron chi connectivity index (χ1n) is 12.0. The van der Waals surface area contributed by atoms with Crippen LogP contribution in [-0.4, -0.2) is 51.7 Å². The number of fused-ring (bicyclic) bond motifs is 2. The monoisotopic (exact) mass is 532 g/mol. The first kappa shape index (κ1) is 28.1. The Bertz CT molecular complexity index is 1420. The van der Waals surface area contributed by atoms with Gasteiger partial charge < -0.3 is 24.6 Å². The van der Waals surface area contributed by atoms with Crippen LogP contribution in [0.3, 0.4) is 0 Å². The number of aliphatic carboxylic acids is 1. The molecule has 0 bridgehead atoms. The van der Waals surface area contributed by atoms with Crippen molar-refractivity contribution >= 4 is 50.5 Å². The van der Waals surface area contributed by atoms with Gasteiger partial charge in [0.05, 0.1) is 0 Å². The number of hydrogen-bond donors (Lipinski definition) is 3. The van der Waals surface area contributed by atoms with Crippen LogP contribution in [0.15, 0.2) is 25.8 Å². The Kier molecular flexibility index (Phi) is 9.25. The predicted molar refractivity (Wildman–Crippen MR) is 140 cm³/mol. The van der Waals surface area contributed by atoms with Crippen LogP contribution in [0.25, 0.3) is 21.9 Å². The van der Waals surface area contributed by atoms with Crippen LogP contribution in [0.4, 0.5) is 0 Å². The Balaban J connectivity index is 1.72. The van der Waals surface area contributed by atoms with E-state index >= 15 is 0 Å². The molecule has 0 saturated carbocycles. The van der Waals surface area contributed by atoms with Gasteiger partial charge in [0, 0.05) is 64.6 Å². The minimum absolute atomic E-state index is 0.0544. The lowest BCUT2D eigenvalue weighted by atomic mass is 10.00. The van der Waals surface area contributed by atoms with Crippen molar-refractivity contribution in [2.24, 2.45) is 0 Å². The number of carbonyl (C=O) groups excluding carboxylic acids is 2. The average Bonchev–Trinajstić information content (AvgIpc) is 3.10. The Morgan fingerprint density at radius 3 is 2.38 bits per heavy atom. The highest BCUT2D eigenvalue weighted by molar-refractivity contribution is 7.84. The Morgan fingerprint density at radius 2 is 1.70 bits per heavy atom. The first-order chi connectivity index (χ1) is 17.5. The fourth-order valence-electron chi connectivity index (χ4n) is 4.15. The molecule has 3 N–H and O–H groups in total. The summed E-state index contributed by atoms with van der Waals surface area (Å²) in [6.07, 6.45) is 1.89. The van der Waals surface area contributed by atoms with E-state index in [1.165, 1.54) is 6.26 Å². The van der Waals surface area contributed by atoms with Crippen molar-refractivity contribution in [1.82, 2.24) is 10.6 Å². The zero-order valence-electron chi connectivity index (χ0n) is 21.4. The minimum Gasteiger partial charge on any atom is -0.481 e. The van der Waals surface area contributed by atoms with E-state index in [0.29, 0.717) is 22.3 Å². The number of benzene rings is 1. The molecule has 0 fully saturated rings. The molecule has 1 aromatic carbocycles. The number of carboxylic acids is 1. The van der Waals surface area contributed by atoms with Gasteiger partial charge >= 0.3 is 11.6 Å². The van der Waals surface area contributed by atoms with Crippen LogP contribution in [0, 0.1) is 20.8 Å². The van der Waals surface area contributed by atoms with Gasteiger partial charge in [0.15, 0.2) is 0 Å². The third kappa shape index (κ3) is 7.06. The van der Waals surface area contributed by atoms with E-state index in [1.807, 2.05) is 26.8 Å². The van der Waals surface area contributed by atoms with Crippen LogP contribution >= 0.6 is 0 Å². The van der Waals surface area contributed by atoms with E-state index in [1.54, 1.807) is 6.07 Å². The van der Waals surface area contributed by atoms with E-state index in [0.717, 1.165) is 22.1 Å². The second-order valence-corrected chi connectivity index (χ2v) is 10.6. The number of carbonyl (C=O) groups is 3. The molecular weight excluding hydrogens is 500 g/mol. The molecule has 0 aliphatic carbocycles. The first-order valence-corrected chi connectivity index (χ1v) is 13.8. The van der Waals surface area contributed by atoms with E-state index in [2.05, 4.69) is 10.6 Å². The number of nitrogens with one attached hydrogen (secondary N) is 2. The topological polar surface area (TPSA) is 156 Å². The summed E-state index contributed by atoms with van der Waals surface area (Å²) in [5.41, 5.74) is 2.61. The van der Waals surface area contributed by atoms with E-state index in [4.69, 9.17) is 13.9 Å². The van der Waals surface area contributed by atoms with Gasteiger partial charge in [-0.25, -0.2) is 4.79 Å². The Labute approximate surface area is 216 Å². The van der Waals surface area contributed by atoms with Crippen LogP contribution in [-0.2, 0) is 31.6 Å². The zero-order valence-corrected chi connectivity index (χ0v) is 22.2. The third-order valence-electron chi connectivity index (χ3n) is 6.40. The molecule has 0 saturated heterocycles. The van der Waals surface area contributed by atoms with Crippen molar-refractivity contribution in [1.29, 1.82) is 0 Å². The molecule has 11 heteroatoms. The van der Waals surface area contributed by atoms with Gasteiger partial charge in [-0.1, -0.05) is 0 Å². The highest BCUT2D eigenvalue weighted by Crippen LogP contribution is 2.31. The lowest BCUT2D eigenvalue weighted by molar-refractivity contribution is -0.137. The van der Waals surface area contributed by atoms with Gasteiger partial charge in [0.1, 0.15) is 23.0 Å². The molecule has 2 atom stereocenters. The summed E-state index contributed by atoms with van der Waals surface area (Å²) in [4.78, 5) is 48.6. The summed E-state index contributed by atoms with van der Waals surface area (Å²) < 4.78 is 22.8. The van der Waals surface area contributed by atoms with Crippen molar-refractivity contribution in [2.75, 3.05) is 18.6 Å². The van der Waals surface area contributed by atoms with E-state index in [-0.39, 0.29) is 44.4 Å². The van der Waals surface area contributed by atoms with Gasteiger partial charge in [-0.15, -0.1) is 0 Å². The SMILES string of the molecule is Cc1oc2cc3oc(=O)c(CCC(=O)NC(CCS(C)=O)C(=O)NCCCC(=O)O)c(C)c3cc2c1C. The molecule has 0 aliphatic heterocycles. The second-order valence-electron chi connectivity index (χ2n) is 9.10. The molecule has 3 rings (SSSR count). The van der Waals surface area contributed by atoms with Gasteiger partial charge in [0.2, 0.25) is 11.8 Å². The van der Waals surface area contributed by atoms with Gasteiger partial charge in [-0.05, 0) is 57.2 Å². The van der Waals surface area contributed by atoms with Crippen molar-refractivity contribution < 1.29 is 32.5 Å². The number of carboxylic acid groups (broad SMARTS) is 1. The summed E-state index contributed by atoms with van der Waals surface area (Å²) >= 11 is 0. The number of aryl methyl sites for hydroxylation is 3. The summed E-state index contributed by atoms with van der Waals surface area (Å²) in [6, 6.07) is 2.71. The molecule has 2 unspecified atom stereocenters. The molecule has 2 aromatic heterocycles. The van der Waals surface area contributed by atoms with Crippen LogP contribution in [0.1, 0.15) is 48.1 Å². The fourth-order valence-corrected chi connectivity index (χ4v) is 4.71. The Morgan fingerprint density at radius 1 is 1.03 bits per heavy atom. The molecule has 2 amide bonds. The summed E-state index contributed by atoms with van der Waals surface area (Å²) in [5, 5.41) is 15.7. The van der Waals surface area contributed by atoms with Gasteiger partial charge in [-0.2, -0.15) is 0 Å². The second kappa shape index (κ2) is 12.2. The molecule has 37 heavy (non-hydrogen) atoms. The van der Waals surface area contributed by atoms with Crippen molar-refractivity contribution in [3.63, 3.8) is 0 Å². The number of rotatable bonds is 12. The molecule has 0 spiro atoms. The summed E-state index contributed by atoms with van der Waals surface area (Å²) in [7, 11) is -1.16. The molecule has 3 aromatic rings. The fraction of sp³-hybridized carbons (Fsp3) is 0.462. The highest BCUT2D eigenvalue weighted by Gasteiger charge is 2.22. The Hall–Kier alpha value is -3.47. The number of hydrogen-bond acceptors (Lipinski definition) is 7. The summed E-state index contributed by atoms with van der Waals surface area (Å²) in [6.45, 7) is 5.78. The zero-order chi connectivity index (χ0) is 27.3. The molecule has 0 radical (unpaired) electrons. The predicted octanol–water partition coefficient (Wildman–Crippen LogP) is 2.63. The standard InChI is InChI=1S/C26H32N2O8S/c1-14-16(3)35-21-13-22-19(12-18(14)21)15(2)17(26(33)36-22)7-8-23(29)28-20(9-11-37(4)34)25(32)27-10-5-6-24(30)31/h12-13,20H,5-11H2,1-4H3,(H,27,32)(H,28,29)(H,30,31). The lowest BCUT2D eigenvalue weighted by Gasteiger charge is -2.18. The maximum Gasteiger partial charge on any atom is 0.339 e. The lowest BCUT2D eigenvalue weighted by Crippen LogP contribution is -2.47. The normalized spacial score (nSPS) is 13.0. The maximum atomic E-state index is 12.7. The van der Waals surface area contributed by atoms with E-state index in [9.17, 15) is 23.4 Å². The van der Waals surface area contributed by atoms with Gasteiger partial charge in [0.25, 0.3) is 0 Å². The van der Waals surface area contributed by atoms with Gasteiger partial charge in [-0.3, -0.25) is 18.6 Å². The third-order valence-corrected chi connectivity index (χ3v) is 7.21. The average molecular weight is 533 g/mol. The smallest absolute Gasteiger partial charge is 0.339 e. The van der Waals surface area contributed by atoms with Crippen LogP contribution in [0.5, 0.6) is 0 Å². The summed E-state index contributed by atoms with van der Waals surface area (Å²) in [5.74, 6) is -0.881. The largest absolute Gasteiger partial charge is 0.481 e. The molecule has 0 aliphatic rings. The van der Waals surface area contributed by atoms with Crippen molar-refractivity contribution in [2.45, 2.75) is 58.9 Å². The molecule has 200 valence electrons. The van der Waals surface area contributed by atoms with Crippen molar-refractivity contribution in [3.8, 4) is 0 Å². The molecular formula is C26H32N2O8S. The van der Waals surface area contributed by atoms with Crippen LogP contribution in [0.2, 0.25) is 0 Å². The van der Waals surface area contributed by atoms with Crippen molar-refractivity contribution in [3.05, 3.63) is 45.0 Å². The van der Waals surface area contributed by atoms with Crippen LogP contribution < -0.4 is 16.3 Å². The molecule has 2 heterocycles. The van der Waals surface area contributed by atoms with E-state index < -0.39 is 40.3 Å². The number of furan rings is 1. The highest BCUT2D eigenvalue weighted by atomic mass is 32.2. The maximum absolute atomic E-state index is 12.7.